The predicted molar refractivity (Wildman–Crippen MR) is 139 cm³/mol. The van der Waals surface area contributed by atoms with Crippen LogP contribution >= 0.6 is 34.8 Å². The molecule has 1 aliphatic rings. The molecule has 0 aliphatic carbocycles. The van der Waals surface area contributed by atoms with Crippen molar-refractivity contribution in [2.75, 3.05) is 20.2 Å². The maximum Gasteiger partial charge on any atom is 0.138 e. The highest BCUT2D eigenvalue weighted by atomic mass is 35.5. The van der Waals surface area contributed by atoms with Gasteiger partial charge in [0.05, 0.1) is 28.3 Å². The summed E-state index contributed by atoms with van der Waals surface area (Å²) < 4.78 is 5.31. The molecular weight excluding hydrogens is 477 g/mol. The number of piperidine rings is 1. The molecular formula is C27H28Cl3NO2. The maximum absolute atomic E-state index is 11.1. The zero-order valence-electron chi connectivity index (χ0n) is 18.8. The van der Waals surface area contributed by atoms with Crippen molar-refractivity contribution in [2.45, 2.75) is 38.3 Å². The molecule has 3 nitrogen and oxygen atoms in total. The van der Waals surface area contributed by atoms with E-state index in [-0.39, 0.29) is 6.04 Å². The molecule has 0 radical (unpaired) electrons. The summed E-state index contributed by atoms with van der Waals surface area (Å²) >= 11 is 18.6. The molecule has 0 unspecified atom stereocenters. The Morgan fingerprint density at radius 2 is 1.76 bits per heavy atom. The Bertz CT molecular complexity index is 1170. The maximum atomic E-state index is 11.1. The SMILES string of the molecule is COc1ccc2cc([C@@H](O)[C@@H](C)N3CCC(=CCc4ccc(Cl)c(Cl)c4)CC3)ccc2c1Cl. The number of hydrogen-bond donors (Lipinski definition) is 1. The van der Waals surface area contributed by atoms with E-state index in [1.54, 1.807) is 7.11 Å². The van der Waals surface area contributed by atoms with Crippen LogP contribution < -0.4 is 4.74 Å². The van der Waals surface area contributed by atoms with E-state index >= 15 is 0 Å². The second-order valence-electron chi connectivity index (χ2n) is 8.60. The molecule has 174 valence electrons. The van der Waals surface area contributed by atoms with Gasteiger partial charge in [-0.25, -0.2) is 0 Å². The molecule has 1 saturated heterocycles. The van der Waals surface area contributed by atoms with E-state index in [2.05, 4.69) is 17.9 Å². The first kappa shape index (κ1) is 24.4. The molecule has 1 fully saturated rings. The highest BCUT2D eigenvalue weighted by Crippen LogP contribution is 2.35. The van der Waals surface area contributed by atoms with Crippen LogP contribution in [0.5, 0.6) is 5.75 Å². The minimum absolute atomic E-state index is 0.0211. The van der Waals surface area contributed by atoms with Crippen LogP contribution in [0.2, 0.25) is 15.1 Å². The number of aliphatic hydroxyl groups is 1. The van der Waals surface area contributed by atoms with Gasteiger partial charge in [-0.1, -0.05) is 70.7 Å². The van der Waals surface area contributed by atoms with Crippen molar-refractivity contribution in [3.8, 4) is 5.75 Å². The minimum atomic E-state index is -0.572. The van der Waals surface area contributed by atoms with Gasteiger partial charge >= 0.3 is 0 Å². The van der Waals surface area contributed by atoms with E-state index in [0.717, 1.165) is 54.3 Å². The Labute approximate surface area is 210 Å². The monoisotopic (exact) mass is 503 g/mol. The number of nitrogens with zero attached hydrogens (tertiary/aromatic N) is 1. The number of allylic oxidation sites excluding steroid dienone is 1. The fourth-order valence-electron chi connectivity index (χ4n) is 4.46. The highest BCUT2D eigenvalue weighted by molar-refractivity contribution is 6.42. The van der Waals surface area contributed by atoms with Crippen LogP contribution in [-0.4, -0.2) is 36.2 Å². The molecule has 1 N–H and O–H groups in total. The summed E-state index contributed by atoms with van der Waals surface area (Å²) in [5.41, 5.74) is 3.52. The molecule has 2 atom stereocenters. The van der Waals surface area contributed by atoms with E-state index in [9.17, 15) is 5.11 Å². The average molecular weight is 505 g/mol. The van der Waals surface area contributed by atoms with Crippen molar-refractivity contribution in [3.63, 3.8) is 0 Å². The van der Waals surface area contributed by atoms with Crippen LogP contribution in [0, 0.1) is 0 Å². The number of hydrogen-bond acceptors (Lipinski definition) is 3. The molecule has 0 spiro atoms. The van der Waals surface area contributed by atoms with Crippen molar-refractivity contribution in [1.29, 1.82) is 0 Å². The van der Waals surface area contributed by atoms with Crippen LogP contribution in [0.1, 0.15) is 37.0 Å². The number of halogens is 3. The number of rotatable bonds is 6. The van der Waals surface area contributed by atoms with Crippen molar-refractivity contribution in [3.05, 3.63) is 86.4 Å². The molecule has 3 aromatic carbocycles. The summed E-state index contributed by atoms with van der Waals surface area (Å²) in [4.78, 5) is 2.37. The zero-order valence-corrected chi connectivity index (χ0v) is 21.1. The van der Waals surface area contributed by atoms with E-state index in [1.807, 2.05) is 48.5 Å². The molecule has 33 heavy (non-hydrogen) atoms. The second-order valence-corrected chi connectivity index (χ2v) is 9.79. The van der Waals surface area contributed by atoms with Crippen LogP contribution in [0.15, 0.2) is 60.2 Å². The molecule has 0 aromatic heterocycles. The smallest absolute Gasteiger partial charge is 0.138 e. The molecule has 1 heterocycles. The Hall–Kier alpha value is -1.75. The number of likely N-dealkylation sites (tertiary alicyclic amines) is 1. The summed E-state index contributed by atoms with van der Waals surface area (Å²) in [5.74, 6) is 0.655. The Kier molecular flexibility index (Phi) is 7.88. The van der Waals surface area contributed by atoms with E-state index in [0.29, 0.717) is 20.8 Å². The van der Waals surface area contributed by atoms with E-state index in [4.69, 9.17) is 39.5 Å². The Morgan fingerprint density at radius 3 is 2.45 bits per heavy atom. The molecule has 0 bridgehead atoms. The normalized spacial score (nSPS) is 16.6. The molecule has 6 heteroatoms. The van der Waals surface area contributed by atoms with Gasteiger partial charge in [-0.3, -0.25) is 4.90 Å². The average Bonchev–Trinajstić information content (AvgIpc) is 2.84. The van der Waals surface area contributed by atoms with Gasteiger partial charge in [0.1, 0.15) is 5.75 Å². The summed E-state index contributed by atoms with van der Waals surface area (Å²) in [6, 6.07) is 15.6. The van der Waals surface area contributed by atoms with Crippen LogP contribution in [0.4, 0.5) is 0 Å². The highest BCUT2D eigenvalue weighted by Gasteiger charge is 2.26. The van der Waals surface area contributed by atoms with Crippen LogP contribution in [0.25, 0.3) is 10.8 Å². The summed E-state index contributed by atoms with van der Waals surface area (Å²) in [6.07, 6.45) is 4.60. The summed E-state index contributed by atoms with van der Waals surface area (Å²) in [5, 5.41) is 14.8. The lowest BCUT2D eigenvalue weighted by atomic mass is 9.95. The largest absolute Gasteiger partial charge is 0.495 e. The summed E-state index contributed by atoms with van der Waals surface area (Å²) in [6.45, 7) is 3.96. The van der Waals surface area contributed by atoms with E-state index in [1.165, 1.54) is 5.57 Å². The van der Waals surface area contributed by atoms with Crippen molar-refractivity contribution < 1.29 is 9.84 Å². The Morgan fingerprint density at radius 1 is 1.00 bits per heavy atom. The van der Waals surface area contributed by atoms with Crippen LogP contribution in [-0.2, 0) is 6.42 Å². The van der Waals surface area contributed by atoms with Crippen LogP contribution in [0.3, 0.4) is 0 Å². The van der Waals surface area contributed by atoms with Gasteiger partial charge in [0, 0.05) is 24.5 Å². The number of aliphatic hydroxyl groups excluding tert-OH is 1. The molecule has 1 aliphatic heterocycles. The van der Waals surface area contributed by atoms with E-state index < -0.39 is 6.10 Å². The van der Waals surface area contributed by atoms with Gasteiger partial charge in [0.25, 0.3) is 0 Å². The quantitative estimate of drug-likeness (QED) is 0.353. The first-order chi connectivity index (χ1) is 15.9. The van der Waals surface area contributed by atoms with Crippen molar-refractivity contribution in [1.82, 2.24) is 4.90 Å². The first-order valence-corrected chi connectivity index (χ1v) is 12.3. The van der Waals surface area contributed by atoms with Gasteiger partial charge in [0.2, 0.25) is 0 Å². The third-order valence-electron chi connectivity index (χ3n) is 6.59. The topological polar surface area (TPSA) is 32.7 Å². The third kappa shape index (κ3) is 5.50. The lowest BCUT2D eigenvalue weighted by Crippen LogP contribution is -2.41. The number of fused-ring (bicyclic) bond motifs is 1. The third-order valence-corrected chi connectivity index (χ3v) is 7.72. The molecule has 0 saturated carbocycles. The standard InChI is InChI=1S/C27H28Cl3NO2/c1-17(27(32)21-6-8-22-20(16-21)7-10-25(33-2)26(22)30)31-13-11-18(12-14-31)3-4-19-5-9-23(28)24(29)15-19/h3,5-10,15-17,27,32H,4,11-14H2,1-2H3/t17-,27+/m1/s1. The minimum Gasteiger partial charge on any atom is -0.495 e. The lowest BCUT2D eigenvalue weighted by molar-refractivity contribution is 0.0533. The van der Waals surface area contributed by atoms with Gasteiger partial charge in [-0.2, -0.15) is 0 Å². The van der Waals surface area contributed by atoms with Gasteiger partial charge in [0.15, 0.2) is 0 Å². The fraction of sp³-hybridized carbons (Fsp3) is 0.333. The Balaban J connectivity index is 1.38. The fourth-order valence-corrected chi connectivity index (χ4v) is 5.09. The molecule has 0 amide bonds. The van der Waals surface area contributed by atoms with Crippen molar-refractivity contribution in [2.24, 2.45) is 0 Å². The molecule has 3 aromatic rings. The number of benzene rings is 3. The number of ether oxygens (including phenoxy) is 1. The van der Waals surface area contributed by atoms with Crippen molar-refractivity contribution >= 4 is 45.6 Å². The number of methoxy groups -OCH3 is 1. The first-order valence-electron chi connectivity index (χ1n) is 11.2. The zero-order chi connectivity index (χ0) is 23.5. The summed E-state index contributed by atoms with van der Waals surface area (Å²) in [7, 11) is 1.61. The molecule has 4 rings (SSSR count). The van der Waals surface area contributed by atoms with Gasteiger partial charge in [-0.15, -0.1) is 0 Å². The van der Waals surface area contributed by atoms with Gasteiger partial charge in [-0.05, 0) is 67.0 Å². The van der Waals surface area contributed by atoms with Gasteiger partial charge < -0.3 is 9.84 Å². The lowest BCUT2D eigenvalue weighted by Gasteiger charge is -2.36. The predicted octanol–water partition coefficient (Wildman–Crippen LogP) is 7.50. The second kappa shape index (κ2) is 10.7.